The van der Waals surface area contributed by atoms with Gasteiger partial charge in [0.1, 0.15) is 11.5 Å². The fourth-order valence-electron chi connectivity index (χ4n) is 3.70. The summed E-state index contributed by atoms with van der Waals surface area (Å²) < 4.78 is 11.3. The second-order valence-corrected chi connectivity index (χ2v) is 7.07. The molecular weight excluding hydrogens is 356 g/mol. The highest BCUT2D eigenvalue weighted by molar-refractivity contribution is 5.84. The SMILES string of the molecule is COc1ccccc1-c1cc(-c2cccc(C)c2)cc(-c2ccccc2OC)c1. The maximum atomic E-state index is 5.63. The molecule has 0 N–H and O–H groups in total. The molecule has 2 nitrogen and oxygen atoms in total. The first-order valence-corrected chi connectivity index (χ1v) is 9.68. The van der Waals surface area contributed by atoms with Gasteiger partial charge < -0.3 is 9.47 Å². The average molecular weight is 380 g/mol. The molecule has 0 aliphatic rings. The summed E-state index contributed by atoms with van der Waals surface area (Å²) in [5.41, 5.74) is 7.96. The molecule has 0 unspecified atom stereocenters. The standard InChI is InChI=1S/C27H24O2/c1-19-9-8-10-20(15-19)21-16-22(24-11-4-6-13-26(24)28-2)18-23(17-21)25-12-5-7-14-27(25)29-3/h4-18H,1-3H3. The van der Waals surface area contributed by atoms with Gasteiger partial charge in [0, 0.05) is 11.1 Å². The molecule has 0 aromatic heterocycles. The molecule has 0 amide bonds. The van der Waals surface area contributed by atoms with Crippen LogP contribution < -0.4 is 9.47 Å². The fourth-order valence-corrected chi connectivity index (χ4v) is 3.70. The second kappa shape index (κ2) is 8.24. The molecule has 4 aromatic carbocycles. The third kappa shape index (κ3) is 3.88. The lowest BCUT2D eigenvalue weighted by Gasteiger charge is -2.15. The maximum Gasteiger partial charge on any atom is 0.126 e. The summed E-state index contributed by atoms with van der Waals surface area (Å²) in [7, 11) is 3.43. The van der Waals surface area contributed by atoms with E-state index in [0.29, 0.717) is 0 Å². The van der Waals surface area contributed by atoms with E-state index in [2.05, 4.69) is 61.5 Å². The summed E-state index contributed by atoms with van der Waals surface area (Å²) in [5, 5.41) is 0. The van der Waals surface area contributed by atoms with Crippen molar-refractivity contribution in [2.45, 2.75) is 6.92 Å². The zero-order valence-corrected chi connectivity index (χ0v) is 17.0. The molecule has 0 aliphatic heterocycles. The molecule has 0 bridgehead atoms. The third-order valence-electron chi connectivity index (χ3n) is 5.12. The van der Waals surface area contributed by atoms with Gasteiger partial charge in [-0.25, -0.2) is 0 Å². The molecule has 0 atom stereocenters. The van der Waals surface area contributed by atoms with Gasteiger partial charge in [0.25, 0.3) is 0 Å². The van der Waals surface area contributed by atoms with E-state index in [-0.39, 0.29) is 0 Å². The largest absolute Gasteiger partial charge is 0.496 e. The predicted octanol–water partition coefficient (Wildman–Crippen LogP) is 7.01. The van der Waals surface area contributed by atoms with Crippen molar-refractivity contribution >= 4 is 0 Å². The molecule has 0 aliphatic carbocycles. The summed E-state index contributed by atoms with van der Waals surface area (Å²) in [6.07, 6.45) is 0. The lowest BCUT2D eigenvalue weighted by atomic mass is 9.92. The molecule has 0 radical (unpaired) electrons. The van der Waals surface area contributed by atoms with E-state index < -0.39 is 0 Å². The quantitative estimate of drug-likeness (QED) is 0.371. The number of benzene rings is 4. The van der Waals surface area contributed by atoms with Crippen LogP contribution in [0.2, 0.25) is 0 Å². The van der Waals surface area contributed by atoms with Gasteiger partial charge in [-0.05, 0) is 59.5 Å². The van der Waals surface area contributed by atoms with Crippen LogP contribution >= 0.6 is 0 Å². The highest BCUT2D eigenvalue weighted by Crippen LogP contribution is 2.39. The Kier molecular flexibility index (Phi) is 5.35. The van der Waals surface area contributed by atoms with Crippen molar-refractivity contribution in [3.05, 3.63) is 96.6 Å². The van der Waals surface area contributed by atoms with Gasteiger partial charge in [-0.3, -0.25) is 0 Å². The van der Waals surface area contributed by atoms with Gasteiger partial charge in [0.05, 0.1) is 14.2 Å². The summed E-state index contributed by atoms with van der Waals surface area (Å²) in [5.74, 6) is 1.72. The first-order valence-electron chi connectivity index (χ1n) is 9.68. The molecule has 0 saturated carbocycles. The highest BCUT2D eigenvalue weighted by atomic mass is 16.5. The normalized spacial score (nSPS) is 10.6. The van der Waals surface area contributed by atoms with Crippen LogP contribution in [-0.4, -0.2) is 14.2 Å². The van der Waals surface area contributed by atoms with E-state index in [1.165, 1.54) is 11.1 Å². The van der Waals surface area contributed by atoms with E-state index in [9.17, 15) is 0 Å². The van der Waals surface area contributed by atoms with Crippen LogP contribution in [0.3, 0.4) is 0 Å². The Morgan fingerprint density at radius 2 is 1.00 bits per heavy atom. The van der Waals surface area contributed by atoms with Crippen molar-refractivity contribution in [3.63, 3.8) is 0 Å². The number of para-hydroxylation sites is 2. The van der Waals surface area contributed by atoms with Gasteiger partial charge in [0.15, 0.2) is 0 Å². The van der Waals surface area contributed by atoms with Gasteiger partial charge in [-0.15, -0.1) is 0 Å². The van der Waals surface area contributed by atoms with Gasteiger partial charge in [-0.2, -0.15) is 0 Å². The number of aryl methyl sites for hydroxylation is 1. The monoisotopic (exact) mass is 380 g/mol. The molecule has 2 heteroatoms. The molecule has 144 valence electrons. The molecule has 0 spiro atoms. The van der Waals surface area contributed by atoms with Crippen LogP contribution in [0.1, 0.15) is 5.56 Å². The van der Waals surface area contributed by atoms with E-state index in [4.69, 9.17) is 9.47 Å². The smallest absolute Gasteiger partial charge is 0.126 e. The molecule has 0 fully saturated rings. The Morgan fingerprint density at radius 3 is 1.52 bits per heavy atom. The Labute approximate surface area is 172 Å². The van der Waals surface area contributed by atoms with E-state index in [1.54, 1.807) is 14.2 Å². The Morgan fingerprint density at radius 1 is 0.483 bits per heavy atom. The minimum Gasteiger partial charge on any atom is -0.496 e. The Bertz CT molecular complexity index is 1080. The molecule has 4 aromatic rings. The summed E-state index contributed by atoms with van der Waals surface area (Å²) in [4.78, 5) is 0. The van der Waals surface area contributed by atoms with Crippen LogP contribution in [0.4, 0.5) is 0 Å². The number of methoxy groups -OCH3 is 2. The zero-order chi connectivity index (χ0) is 20.2. The minimum atomic E-state index is 0.861. The number of hydrogen-bond donors (Lipinski definition) is 0. The second-order valence-electron chi connectivity index (χ2n) is 7.07. The minimum absolute atomic E-state index is 0.861. The van der Waals surface area contributed by atoms with Gasteiger partial charge in [-0.1, -0.05) is 66.2 Å². The number of ether oxygens (including phenoxy) is 2. The molecule has 0 saturated heterocycles. The number of hydrogen-bond acceptors (Lipinski definition) is 2. The van der Waals surface area contributed by atoms with Crippen molar-refractivity contribution in [1.82, 2.24) is 0 Å². The lowest BCUT2D eigenvalue weighted by Crippen LogP contribution is -1.92. The van der Waals surface area contributed by atoms with Crippen molar-refractivity contribution in [2.75, 3.05) is 14.2 Å². The first kappa shape index (κ1) is 18.8. The van der Waals surface area contributed by atoms with Crippen LogP contribution in [-0.2, 0) is 0 Å². The van der Waals surface area contributed by atoms with Gasteiger partial charge >= 0.3 is 0 Å². The Balaban J connectivity index is 1.98. The van der Waals surface area contributed by atoms with E-state index in [0.717, 1.165) is 39.3 Å². The highest BCUT2D eigenvalue weighted by Gasteiger charge is 2.12. The average Bonchev–Trinajstić information content (AvgIpc) is 2.78. The van der Waals surface area contributed by atoms with Crippen LogP contribution in [0.5, 0.6) is 11.5 Å². The van der Waals surface area contributed by atoms with Gasteiger partial charge in [0.2, 0.25) is 0 Å². The van der Waals surface area contributed by atoms with Crippen LogP contribution in [0.15, 0.2) is 91.0 Å². The Hall–Kier alpha value is -3.52. The summed E-state index contributed by atoms with van der Waals surface area (Å²) in [6, 6.07) is 31.5. The molecule has 29 heavy (non-hydrogen) atoms. The fraction of sp³-hybridized carbons (Fsp3) is 0.111. The lowest BCUT2D eigenvalue weighted by molar-refractivity contribution is 0.416. The van der Waals surface area contributed by atoms with Crippen molar-refractivity contribution < 1.29 is 9.47 Å². The zero-order valence-electron chi connectivity index (χ0n) is 17.0. The van der Waals surface area contributed by atoms with E-state index >= 15 is 0 Å². The molecule has 0 heterocycles. The van der Waals surface area contributed by atoms with Crippen molar-refractivity contribution in [3.8, 4) is 44.9 Å². The predicted molar refractivity (Wildman–Crippen MR) is 121 cm³/mol. The van der Waals surface area contributed by atoms with Crippen molar-refractivity contribution in [2.24, 2.45) is 0 Å². The van der Waals surface area contributed by atoms with Crippen molar-refractivity contribution in [1.29, 1.82) is 0 Å². The molecular formula is C27H24O2. The maximum absolute atomic E-state index is 5.63. The van der Waals surface area contributed by atoms with Crippen LogP contribution in [0, 0.1) is 6.92 Å². The number of rotatable bonds is 5. The topological polar surface area (TPSA) is 18.5 Å². The van der Waals surface area contributed by atoms with E-state index in [1.807, 2.05) is 36.4 Å². The first-order chi connectivity index (χ1) is 14.2. The molecule has 4 rings (SSSR count). The summed E-state index contributed by atoms with van der Waals surface area (Å²) in [6.45, 7) is 2.12. The third-order valence-corrected chi connectivity index (χ3v) is 5.12. The summed E-state index contributed by atoms with van der Waals surface area (Å²) >= 11 is 0. The van der Waals surface area contributed by atoms with Crippen LogP contribution in [0.25, 0.3) is 33.4 Å².